The van der Waals surface area contributed by atoms with E-state index in [-0.39, 0.29) is 30.6 Å². The van der Waals surface area contributed by atoms with Crippen molar-refractivity contribution in [2.75, 3.05) is 40.0 Å². The number of carbonyl (C=O) groups is 1. The van der Waals surface area contributed by atoms with E-state index >= 15 is 0 Å². The number of rotatable bonds is 11. The van der Waals surface area contributed by atoms with Crippen molar-refractivity contribution in [3.8, 4) is 5.88 Å². The van der Waals surface area contributed by atoms with Crippen molar-refractivity contribution >= 4 is 16.9 Å². The minimum absolute atomic E-state index is 0.0868. The topological polar surface area (TPSA) is 79.5 Å². The third-order valence-electron chi connectivity index (χ3n) is 7.10. The summed E-state index contributed by atoms with van der Waals surface area (Å²) in [5.74, 6) is 0.120. The number of para-hydroxylation sites is 1. The highest BCUT2D eigenvalue weighted by molar-refractivity contribution is 5.85. The Balaban J connectivity index is 1.69. The molecule has 8 heteroatoms. The Morgan fingerprint density at radius 3 is 2.89 bits per heavy atom. The van der Waals surface area contributed by atoms with Gasteiger partial charge in [-0.15, -0.1) is 0 Å². The molecule has 0 aliphatic carbocycles. The van der Waals surface area contributed by atoms with E-state index < -0.39 is 0 Å². The minimum atomic E-state index is -0.322. The van der Waals surface area contributed by atoms with Gasteiger partial charge in [-0.1, -0.05) is 25.1 Å². The van der Waals surface area contributed by atoms with Gasteiger partial charge >= 0.3 is 5.97 Å². The third-order valence-corrected chi connectivity index (χ3v) is 7.10. The Kier molecular flexibility index (Phi) is 8.59. The largest absolute Gasteiger partial charge is 0.476 e. The maximum Gasteiger partial charge on any atom is 0.309 e. The van der Waals surface area contributed by atoms with E-state index in [0.717, 1.165) is 28.8 Å². The second-order valence-electron chi connectivity index (χ2n) is 9.61. The van der Waals surface area contributed by atoms with Gasteiger partial charge in [-0.25, -0.2) is 4.98 Å². The highest BCUT2D eigenvalue weighted by atomic mass is 19.1. The Bertz CT molecular complexity index is 1180. The van der Waals surface area contributed by atoms with Gasteiger partial charge in [-0.05, 0) is 56.5 Å². The molecule has 0 fully saturated rings. The number of pyridine rings is 1. The SMILES string of the molecule is COC(=O)[C@H](C)CN1[C@H](c2ccnc(OCCNCCCF)c2C)c2[nH]c3ccccc3c2C[C@H]1C. The number of nitrogens with zero attached hydrogens (tertiary/aromatic N) is 2. The van der Waals surface area contributed by atoms with E-state index in [1.54, 1.807) is 6.20 Å². The number of methoxy groups -OCH3 is 1. The molecule has 0 saturated carbocycles. The fourth-order valence-electron chi connectivity index (χ4n) is 5.23. The lowest BCUT2D eigenvalue weighted by Crippen LogP contribution is -2.46. The van der Waals surface area contributed by atoms with Gasteiger partial charge in [0.1, 0.15) is 6.61 Å². The Morgan fingerprint density at radius 2 is 2.11 bits per heavy atom. The molecule has 3 heterocycles. The summed E-state index contributed by atoms with van der Waals surface area (Å²) in [6, 6.07) is 10.6. The Morgan fingerprint density at radius 1 is 1.31 bits per heavy atom. The van der Waals surface area contributed by atoms with Gasteiger partial charge in [0.25, 0.3) is 0 Å². The second-order valence-corrected chi connectivity index (χ2v) is 9.61. The summed E-state index contributed by atoms with van der Waals surface area (Å²) in [6.45, 7) is 8.13. The number of alkyl halides is 1. The summed E-state index contributed by atoms with van der Waals surface area (Å²) in [7, 11) is 1.44. The predicted molar refractivity (Wildman–Crippen MR) is 139 cm³/mol. The Labute approximate surface area is 212 Å². The highest BCUT2D eigenvalue weighted by Crippen LogP contribution is 2.42. The molecule has 0 bridgehead atoms. The molecule has 2 aromatic heterocycles. The van der Waals surface area contributed by atoms with Crippen LogP contribution in [0.2, 0.25) is 0 Å². The van der Waals surface area contributed by atoms with E-state index in [9.17, 15) is 9.18 Å². The number of hydrogen-bond acceptors (Lipinski definition) is 6. The lowest BCUT2D eigenvalue weighted by Gasteiger charge is -2.42. The van der Waals surface area contributed by atoms with Crippen LogP contribution in [0.15, 0.2) is 36.5 Å². The molecule has 2 N–H and O–H groups in total. The molecule has 194 valence electrons. The first-order valence-electron chi connectivity index (χ1n) is 12.7. The average molecular weight is 497 g/mol. The second kappa shape index (κ2) is 11.8. The predicted octanol–water partition coefficient (Wildman–Crippen LogP) is 4.34. The van der Waals surface area contributed by atoms with Crippen molar-refractivity contribution in [1.82, 2.24) is 20.2 Å². The van der Waals surface area contributed by atoms with E-state index in [1.165, 1.54) is 18.1 Å². The molecule has 1 aliphatic rings. The van der Waals surface area contributed by atoms with Crippen LogP contribution in [-0.4, -0.2) is 66.9 Å². The van der Waals surface area contributed by atoms with Crippen LogP contribution in [0.3, 0.4) is 0 Å². The first kappa shape index (κ1) is 26.1. The normalized spacial score (nSPS) is 18.7. The van der Waals surface area contributed by atoms with Gasteiger partial charge in [0.05, 0.1) is 25.7 Å². The van der Waals surface area contributed by atoms with E-state index in [4.69, 9.17) is 9.47 Å². The summed E-state index contributed by atoms with van der Waals surface area (Å²) in [5.41, 5.74) is 5.66. The number of fused-ring (bicyclic) bond motifs is 3. The lowest BCUT2D eigenvalue weighted by atomic mass is 9.86. The van der Waals surface area contributed by atoms with Crippen LogP contribution in [0.25, 0.3) is 10.9 Å². The molecular weight excluding hydrogens is 459 g/mol. The number of esters is 1. The zero-order valence-electron chi connectivity index (χ0n) is 21.6. The number of nitrogens with one attached hydrogen (secondary N) is 2. The van der Waals surface area contributed by atoms with E-state index in [0.29, 0.717) is 38.5 Å². The Hall–Kier alpha value is -2.97. The van der Waals surface area contributed by atoms with Gasteiger partial charge in [-0.3, -0.25) is 14.1 Å². The monoisotopic (exact) mass is 496 g/mol. The maximum atomic E-state index is 12.3. The number of halogens is 1. The van der Waals surface area contributed by atoms with Crippen molar-refractivity contribution < 1.29 is 18.7 Å². The number of carbonyl (C=O) groups excluding carboxylic acids is 1. The van der Waals surface area contributed by atoms with E-state index in [1.807, 2.05) is 19.9 Å². The van der Waals surface area contributed by atoms with Gasteiger partial charge in [0.15, 0.2) is 0 Å². The number of H-pyrrole nitrogens is 1. The van der Waals surface area contributed by atoms with Crippen LogP contribution >= 0.6 is 0 Å². The van der Waals surface area contributed by atoms with Crippen molar-refractivity contribution in [1.29, 1.82) is 0 Å². The summed E-state index contributed by atoms with van der Waals surface area (Å²) in [6.07, 6.45) is 3.18. The molecule has 4 rings (SSSR count). The third kappa shape index (κ3) is 5.39. The molecular formula is C28H37FN4O3. The zero-order chi connectivity index (χ0) is 25.7. The fourth-order valence-corrected chi connectivity index (χ4v) is 5.23. The van der Waals surface area contributed by atoms with Crippen molar-refractivity contribution in [3.63, 3.8) is 0 Å². The van der Waals surface area contributed by atoms with Crippen molar-refractivity contribution in [3.05, 3.63) is 58.9 Å². The van der Waals surface area contributed by atoms with Crippen LogP contribution < -0.4 is 10.1 Å². The number of benzene rings is 1. The van der Waals surface area contributed by atoms with Gasteiger partial charge in [0, 0.05) is 47.5 Å². The van der Waals surface area contributed by atoms with E-state index in [2.05, 4.69) is 51.4 Å². The average Bonchev–Trinajstić information content (AvgIpc) is 3.25. The van der Waals surface area contributed by atoms with Gasteiger partial charge < -0.3 is 19.8 Å². The number of aromatic nitrogens is 2. The molecule has 0 amide bonds. The molecule has 0 spiro atoms. The number of hydrogen-bond donors (Lipinski definition) is 2. The summed E-state index contributed by atoms with van der Waals surface area (Å²) < 4.78 is 23.4. The first-order valence-corrected chi connectivity index (χ1v) is 12.7. The standard InChI is InChI=1S/C28H37FN4O3/c1-18(28(34)35-4)17-33-19(2)16-23-22-8-5-6-9-24(22)32-25(23)26(33)21-10-13-31-27(20(21)3)36-15-14-30-12-7-11-29/h5-6,8-10,13,18-19,26,30,32H,7,11-12,14-17H2,1-4H3/t18-,19-,26-/m1/s1. The smallest absolute Gasteiger partial charge is 0.309 e. The maximum absolute atomic E-state index is 12.3. The molecule has 1 aliphatic heterocycles. The van der Waals surface area contributed by atoms with Gasteiger partial charge in [-0.2, -0.15) is 0 Å². The number of aromatic amines is 1. The molecule has 0 radical (unpaired) electrons. The molecule has 0 unspecified atom stereocenters. The minimum Gasteiger partial charge on any atom is -0.476 e. The summed E-state index contributed by atoms with van der Waals surface area (Å²) in [5, 5.41) is 4.43. The van der Waals surface area contributed by atoms with Crippen molar-refractivity contribution in [2.45, 2.75) is 45.7 Å². The van der Waals surface area contributed by atoms with Crippen LogP contribution in [0, 0.1) is 12.8 Å². The summed E-state index contributed by atoms with van der Waals surface area (Å²) >= 11 is 0. The lowest BCUT2D eigenvalue weighted by molar-refractivity contribution is -0.145. The molecule has 36 heavy (non-hydrogen) atoms. The van der Waals surface area contributed by atoms with Crippen LogP contribution in [-0.2, 0) is 16.0 Å². The summed E-state index contributed by atoms with van der Waals surface area (Å²) in [4.78, 5) is 22.9. The number of ether oxygens (including phenoxy) is 2. The van der Waals surface area contributed by atoms with Crippen molar-refractivity contribution in [2.24, 2.45) is 5.92 Å². The van der Waals surface area contributed by atoms with Crippen LogP contribution in [0.4, 0.5) is 4.39 Å². The van der Waals surface area contributed by atoms with Crippen LogP contribution in [0.1, 0.15) is 48.7 Å². The first-order chi connectivity index (χ1) is 17.5. The zero-order valence-corrected chi connectivity index (χ0v) is 21.6. The fraction of sp³-hybridized carbons (Fsp3) is 0.500. The molecule has 3 atom stereocenters. The quantitative estimate of drug-likeness (QED) is 0.304. The van der Waals surface area contributed by atoms with Gasteiger partial charge in [0.2, 0.25) is 5.88 Å². The molecule has 3 aromatic rings. The molecule has 1 aromatic carbocycles. The highest BCUT2D eigenvalue weighted by Gasteiger charge is 2.38. The van der Waals surface area contributed by atoms with Crippen LogP contribution in [0.5, 0.6) is 5.88 Å². The molecule has 0 saturated heterocycles. The molecule has 7 nitrogen and oxygen atoms in total.